The molecule has 1 aromatic rings. The van der Waals surface area contributed by atoms with E-state index in [1.165, 1.54) is 13.2 Å². The van der Waals surface area contributed by atoms with Gasteiger partial charge in [0.25, 0.3) is 0 Å². The summed E-state index contributed by atoms with van der Waals surface area (Å²) in [6, 6.07) is 8.71. The predicted octanol–water partition coefficient (Wildman–Crippen LogP) is 3.14. The summed E-state index contributed by atoms with van der Waals surface area (Å²) in [6.45, 7) is 7.06. The number of carbonyl (C=O) groups excluding carboxylic acids is 3. The molecule has 1 rings (SSSR count). The smallest absolute Gasteiger partial charge is 0.408 e. The zero-order valence-corrected chi connectivity index (χ0v) is 17.9. The molecule has 0 radical (unpaired) electrons. The lowest BCUT2D eigenvalue weighted by Gasteiger charge is -2.24. The molecule has 0 bridgehead atoms. The van der Waals surface area contributed by atoms with Crippen LogP contribution in [0.4, 0.5) is 4.79 Å². The van der Waals surface area contributed by atoms with Crippen molar-refractivity contribution in [1.29, 1.82) is 0 Å². The Morgan fingerprint density at radius 2 is 1.76 bits per heavy atom. The monoisotopic (exact) mass is 404 g/mol. The predicted molar refractivity (Wildman–Crippen MR) is 111 cm³/mol. The second-order valence-corrected chi connectivity index (χ2v) is 7.63. The molecule has 7 nitrogen and oxygen atoms in total. The SMILES string of the molecule is CC[C@H](NC(=O)OC(C)(C)C)C(=O)N[C@H](/C=C/C(=O)OC)CCc1ccccc1. The summed E-state index contributed by atoms with van der Waals surface area (Å²) in [5.74, 6) is -0.839. The van der Waals surface area contributed by atoms with E-state index in [0.29, 0.717) is 19.3 Å². The minimum Gasteiger partial charge on any atom is -0.466 e. The van der Waals surface area contributed by atoms with Crippen LogP contribution >= 0.6 is 0 Å². The van der Waals surface area contributed by atoms with E-state index in [1.54, 1.807) is 33.8 Å². The van der Waals surface area contributed by atoms with E-state index in [-0.39, 0.29) is 5.91 Å². The van der Waals surface area contributed by atoms with Gasteiger partial charge in [-0.1, -0.05) is 43.3 Å². The largest absolute Gasteiger partial charge is 0.466 e. The number of hydrogen-bond donors (Lipinski definition) is 2. The van der Waals surface area contributed by atoms with Gasteiger partial charge in [0.1, 0.15) is 11.6 Å². The van der Waals surface area contributed by atoms with Gasteiger partial charge in [-0.25, -0.2) is 9.59 Å². The number of nitrogens with one attached hydrogen (secondary N) is 2. The van der Waals surface area contributed by atoms with Gasteiger partial charge in [0, 0.05) is 12.1 Å². The van der Waals surface area contributed by atoms with Gasteiger partial charge in [-0.2, -0.15) is 0 Å². The van der Waals surface area contributed by atoms with E-state index < -0.39 is 29.7 Å². The summed E-state index contributed by atoms with van der Waals surface area (Å²) >= 11 is 0. The van der Waals surface area contributed by atoms with Gasteiger partial charge in [0.15, 0.2) is 0 Å². The average Bonchev–Trinajstić information content (AvgIpc) is 2.67. The molecule has 160 valence electrons. The number of amides is 2. The first-order valence-electron chi connectivity index (χ1n) is 9.74. The Labute approximate surface area is 172 Å². The summed E-state index contributed by atoms with van der Waals surface area (Å²) in [5, 5.41) is 5.47. The van der Waals surface area contributed by atoms with Crippen LogP contribution in [-0.2, 0) is 25.5 Å². The molecule has 2 atom stereocenters. The molecule has 29 heavy (non-hydrogen) atoms. The number of esters is 1. The number of carbonyl (C=O) groups is 3. The summed E-state index contributed by atoms with van der Waals surface area (Å²) in [4.78, 5) is 36.1. The zero-order chi connectivity index (χ0) is 21.9. The van der Waals surface area contributed by atoms with Crippen molar-refractivity contribution in [2.75, 3.05) is 7.11 Å². The highest BCUT2D eigenvalue weighted by atomic mass is 16.6. The van der Waals surface area contributed by atoms with Crippen molar-refractivity contribution in [1.82, 2.24) is 10.6 Å². The summed E-state index contributed by atoms with van der Waals surface area (Å²) in [6.07, 6.45) is 3.95. The number of alkyl carbamates (subject to hydrolysis) is 1. The molecule has 0 aromatic heterocycles. The van der Waals surface area contributed by atoms with Crippen molar-refractivity contribution >= 4 is 18.0 Å². The molecule has 0 saturated carbocycles. The van der Waals surface area contributed by atoms with Crippen LogP contribution in [-0.4, -0.2) is 42.8 Å². The van der Waals surface area contributed by atoms with Gasteiger partial charge in [-0.3, -0.25) is 4.79 Å². The van der Waals surface area contributed by atoms with Gasteiger partial charge >= 0.3 is 12.1 Å². The maximum absolute atomic E-state index is 12.7. The maximum atomic E-state index is 12.7. The van der Waals surface area contributed by atoms with Crippen LogP contribution in [0.3, 0.4) is 0 Å². The van der Waals surface area contributed by atoms with Crippen LogP contribution in [0.5, 0.6) is 0 Å². The van der Waals surface area contributed by atoms with Crippen molar-refractivity contribution in [3.05, 3.63) is 48.0 Å². The first-order chi connectivity index (χ1) is 13.6. The van der Waals surface area contributed by atoms with Crippen molar-refractivity contribution in [2.24, 2.45) is 0 Å². The van der Waals surface area contributed by atoms with Gasteiger partial charge in [-0.15, -0.1) is 0 Å². The van der Waals surface area contributed by atoms with E-state index in [4.69, 9.17) is 4.74 Å². The third-order valence-electron chi connectivity index (χ3n) is 4.00. The van der Waals surface area contributed by atoms with Crippen LogP contribution in [0, 0.1) is 0 Å². The normalized spacial score (nSPS) is 13.4. The maximum Gasteiger partial charge on any atom is 0.408 e. The minimum atomic E-state index is -0.740. The first kappa shape index (κ1) is 24.2. The summed E-state index contributed by atoms with van der Waals surface area (Å²) in [5.41, 5.74) is 0.470. The van der Waals surface area contributed by atoms with Crippen LogP contribution in [0.2, 0.25) is 0 Å². The number of hydrogen-bond acceptors (Lipinski definition) is 5. The Kier molecular flexibility index (Phi) is 9.92. The van der Waals surface area contributed by atoms with Crippen molar-refractivity contribution < 1.29 is 23.9 Å². The fraction of sp³-hybridized carbons (Fsp3) is 0.500. The fourth-order valence-corrected chi connectivity index (χ4v) is 2.53. The molecule has 0 heterocycles. The van der Waals surface area contributed by atoms with E-state index in [2.05, 4.69) is 15.4 Å². The fourth-order valence-electron chi connectivity index (χ4n) is 2.53. The van der Waals surface area contributed by atoms with E-state index in [0.717, 1.165) is 5.56 Å². The molecule has 0 aliphatic carbocycles. The van der Waals surface area contributed by atoms with Crippen molar-refractivity contribution in [2.45, 2.75) is 64.6 Å². The molecule has 0 aliphatic heterocycles. The van der Waals surface area contributed by atoms with Crippen LogP contribution in [0.1, 0.15) is 46.1 Å². The molecular weight excluding hydrogens is 372 g/mol. The molecule has 1 aromatic carbocycles. The highest BCUT2D eigenvalue weighted by Crippen LogP contribution is 2.09. The third kappa shape index (κ3) is 10.3. The van der Waals surface area contributed by atoms with Crippen molar-refractivity contribution in [3.8, 4) is 0 Å². The molecule has 0 unspecified atom stereocenters. The van der Waals surface area contributed by atoms with Crippen LogP contribution < -0.4 is 10.6 Å². The molecule has 0 spiro atoms. The second kappa shape index (κ2) is 11.9. The molecule has 0 saturated heterocycles. The van der Waals surface area contributed by atoms with E-state index >= 15 is 0 Å². The van der Waals surface area contributed by atoms with Gasteiger partial charge < -0.3 is 20.1 Å². The Bertz CT molecular complexity index is 695. The average molecular weight is 405 g/mol. The molecule has 2 amide bonds. The Morgan fingerprint density at radius 1 is 1.10 bits per heavy atom. The van der Waals surface area contributed by atoms with Gasteiger partial charge in [0.05, 0.1) is 7.11 Å². The quantitative estimate of drug-likeness (QED) is 0.487. The number of benzene rings is 1. The number of ether oxygens (including phenoxy) is 2. The highest BCUT2D eigenvalue weighted by Gasteiger charge is 2.24. The highest BCUT2D eigenvalue weighted by molar-refractivity contribution is 5.86. The summed E-state index contributed by atoms with van der Waals surface area (Å²) < 4.78 is 9.84. The standard InChI is InChI=1S/C22H32N2O5/c1-6-18(24-21(27)29-22(2,3)4)20(26)23-17(14-15-19(25)28-5)13-12-16-10-8-7-9-11-16/h7-11,14-15,17-18H,6,12-13H2,1-5H3,(H,23,26)(H,24,27)/b15-14+/t17-,18-/m0/s1. The van der Waals surface area contributed by atoms with Crippen molar-refractivity contribution in [3.63, 3.8) is 0 Å². The molecule has 0 fully saturated rings. The molecule has 7 heteroatoms. The van der Waals surface area contributed by atoms with E-state index in [1.807, 2.05) is 30.3 Å². The Hall–Kier alpha value is -2.83. The third-order valence-corrected chi connectivity index (χ3v) is 4.00. The zero-order valence-electron chi connectivity index (χ0n) is 17.9. The number of methoxy groups -OCH3 is 1. The lowest BCUT2D eigenvalue weighted by atomic mass is 10.0. The first-order valence-corrected chi connectivity index (χ1v) is 9.74. The lowest BCUT2D eigenvalue weighted by molar-refractivity contribution is -0.135. The Morgan fingerprint density at radius 3 is 2.31 bits per heavy atom. The van der Waals surface area contributed by atoms with Gasteiger partial charge in [0.2, 0.25) is 5.91 Å². The number of aryl methyl sites for hydroxylation is 1. The lowest BCUT2D eigenvalue weighted by Crippen LogP contribution is -2.50. The molecule has 0 aliphatic rings. The van der Waals surface area contributed by atoms with Crippen LogP contribution in [0.15, 0.2) is 42.5 Å². The minimum absolute atomic E-state index is 0.342. The number of rotatable bonds is 9. The van der Waals surface area contributed by atoms with Crippen LogP contribution in [0.25, 0.3) is 0 Å². The molecule has 2 N–H and O–H groups in total. The van der Waals surface area contributed by atoms with E-state index in [9.17, 15) is 14.4 Å². The molecular formula is C22H32N2O5. The van der Waals surface area contributed by atoms with Gasteiger partial charge in [-0.05, 0) is 45.6 Å². The Balaban J connectivity index is 2.77. The topological polar surface area (TPSA) is 93.7 Å². The second-order valence-electron chi connectivity index (χ2n) is 7.63. The summed E-state index contributed by atoms with van der Waals surface area (Å²) in [7, 11) is 1.29.